The van der Waals surface area contributed by atoms with Gasteiger partial charge in [-0.25, -0.2) is 9.78 Å². The van der Waals surface area contributed by atoms with Crippen molar-refractivity contribution in [1.82, 2.24) is 4.98 Å². The lowest BCUT2D eigenvalue weighted by atomic mass is 10.1. The first-order valence-electron chi connectivity index (χ1n) is 9.97. The molecule has 2 aromatic carbocycles. The molecule has 0 saturated heterocycles. The van der Waals surface area contributed by atoms with Crippen LogP contribution in [0.2, 0.25) is 0 Å². The molecule has 0 aliphatic carbocycles. The van der Waals surface area contributed by atoms with Crippen molar-refractivity contribution in [2.75, 3.05) is 0 Å². The summed E-state index contributed by atoms with van der Waals surface area (Å²) in [6.45, 7) is 3.96. The van der Waals surface area contributed by atoms with Crippen LogP contribution in [0.3, 0.4) is 0 Å². The minimum Gasteiger partial charge on any atom is -0.489 e. The standard InChI is InChI=1S/C25H26N2O3S/c1-17(12-18(2)25(28)29)13-21-16-31-24(27-21)23(26)14-19-8-10-22(11-9-19)30-15-20-6-4-3-5-7-20/h3-13,16,23H,14-15,26H2,1-2H3,(H,28,29)/b17-13+,18-12+. The highest BCUT2D eigenvalue weighted by molar-refractivity contribution is 7.09. The summed E-state index contributed by atoms with van der Waals surface area (Å²) >= 11 is 1.51. The number of carbonyl (C=O) groups is 1. The Hall–Kier alpha value is -3.22. The molecule has 5 nitrogen and oxygen atoms in total. The third-order valence-electron chi connectivity index (χ3n) is 4.64. The van der Waals surface area contributed by atoms with E-state index in [2.05, 4.69) is 4.98 Å². The molecule has 0 aliphatic rings. The first-order chi connectivity index (χ1) is 14.9. The van der Waals surface area contributed by atoms with Gasteiger partial charge in [-0.15, -0.1) is 11.3 Å². The number of benzene rings is 2. The number of rotatable bonds is 9. The number of ether oxygens (including phenoxy) is 1. The largest absolute Gasteiger partial charge is 0.489 e. The van der Waals surface area contributed by atoms with E-state index in [4.69, 9.17) is 15.6 Å². The van der Waals surface area contributed by atoms with Gasteiger partial charge >= 0.3 is 5.97 Å². The number of nitrogens with zero attached hydrogens (tertiary/aromatic N) is 1. The molecule has 1 aromatic heterocycles. The molecule has 0 aliphatic heterocycles. The fraction of sp³-hybridized carbons (Fsp3) is 0.200. The molecule has 160 valence electrons. The van der Waals surface area contributed by atoms with Crippen molar-refractivity contribution < 1.29 is 14.6 Å². The molecule has 3 N–H and O–H groups in total. The van der Waals surface area contributed by atoms with Gasteiger partial charge in [-0.2, -0.15) is 0 Å². The van der Waals surface area contributed by atoms with Crippen molar-refractivity contribution in [3.05, 3.63) is 99.0 Å². The Bertz CT molecular complexity index is 1070. The maximum absolute atomic E-state index is 10.9. The predicted molar refractivity (Wildman–Crippen MR) is 125 cm³/mol. The number of carboxylic acid groups (broad SMARTS) is 1. The molecule has 3 aromatic rings. The maximum atomic E-state index is 10.9. The number of thiazole rings is 1. The zero-order valence-electron chi connectivity index (χ0n) is 17.6. The molecule has 1 unspecified atom stereocenters. The van der Waals surface area contributed by atoms with Gasteiger partial charge in [0.2, 0.25) is 0 Å². The van der Waals surface area contributed by atoms with Crippen molar-refractivity contribution in [2.24, 2.45) is 5.73 Å². The quantitative estimate of drug-likeness (QED) is 0.348. The van der Waals surface area contributed by atoms with E-state index in [1.165, 1.54) is 11.3 Å². The van der Waals surface area contributed by atoms with E-state index in [0.29, 0.717) is 13.0 Å². The Kier molecular flexibility index (Phi) is 7.76. The van der Waals surface area contributed by atoms with Gasteiger partial charge < -0.3 is 15.6 Å². The van der Waals surface area contributed by atoms with Gasteiger partial charge in [-0.05, 0) is 61.3 Å². The molecule has 0 spiro atoms. The molecule has 0 amide bonds. The number of nitrogens with two attached hydrogens (primary N) is 1. The molecule has 0 bridgehead atoms. The van der Waals surface area contributed by atoms with Crippen molar-refractivity contribution in [3.8, 4) is 5.75 Å². The predicted octanol–water partition coefficient (Wildman–Crippen LogP) is 5.40. The minimum absolute atomic E-state index is 0.208. The van der Waals surface area contributed by atoms with E-state index in [1.807, 2.05) is 73.0 Å². The van der Waals surface area contributed by atoms with Crippen LogP contribution in [0.4, 0.5) is 0 Å². The van der Waals surface area contributed by atoms with Gasteiger partial charge in [0, 0.05) is 11.0 Å². The summed E-state index contributed by atoms with van der Waals surface area (Å²) in [6.07, 6.45) is 4.16. The number of aromatic nitrogens is 1. The third kappa shape index (κ3) is 6.91. The Morgan fingerprint density at radius 2 is 1.84 bits per heavy atom. The normalized spacial score (nSPS) is 13.1. The number of allylic oxidation sites excluding steroid dienone is 2. The molecular weight excluding hydrogens is 408 g/mol. The first kappa shape index (κ1) is 22.5. The van der Waals surface area contributed by atoms with Crippen LogP contribution in [0.15, 0.2) is 77.2 Å². The van der Waals surface area contributed by atoms with E-state index in [-0.39, 0.29) is 11.6 Å². The summed E-state index contributed by atoms with van der Waals surface area (Å²) < 4.78 is 5.83. The van der Waals surface area contributed by atoms with Crippen LogP contribution in [-0.4, -0.2) is 16.1 Å². The SMILES string of the molecule is CC(=C\c1csc(C(N)Cc2ccc(OCc3ccccc3)cc2)n1)/C=C(\C)C(=O)O. The average molecular weight is 435 g/mol. The van der Waals surface area contributed by atoms with Crippen molar-refractivity contribution >= 4 is 23.4 Å². The number of carboxylic acids is 1. The smallest absolute Gasteiger partial charge is 0.331 e. The van der Waals surface area contributed by atoms with Gasteiger partial charge in [-0.1, -0.05) is 42.5 Å². The first-order valence-corrected chi connectivity index (χ1v) is 10.9. The fourth-order valence-corrected chi connectivity index (χ4v) is 3.80. The highest BCUT2D eigenvalue weighted by Crippen LogP contribution is 2.23. The van der Waals surface area contributed by atoms with Gasteiger partial charge in [0.25, 0.3) is 0 Å². The Balaban J connectivity index is 1.57. The summed E-state index contributed by atoms with van der Waals surface area (Å²) in [7, 11) is 0. The maximum Gasteiger partial charge on any atom is 0.331 e. The average Bonchev–Trinajstić information content (AvgIpc) is 3.22. The highest BCUT2D eigenvalue weighted by Gasteiger charge is 2.12. The second kappa shape index (κ2) is 10.7. The number of hydrogen-bond acceptors (Lipinski definition) is 5. The van der Waals surface area contributed by atoms with E-state index in [0.717, 1.165) is 33.2 Å². The van der Waals surface area contributed by atoms with Crippen molar-refractivity contribution in [2.45, 2.75) is 32.9 Å². The lowest BCUT2D eigenvalue weighted by molar-refractivity contribution is -0.132. The van der Waals surface area contributed by atoms with Gasteiger partial charge in [0.05, 0.1) is 11.7 Å². The summed E-state index contributed by atoms with van der Waals surface area (Å²) in [4.78, 5) is 15.5. The number of hydrogen-bond donors (Lipinski definition) is 2. The highest BCUT2D eigenvalue weighted by atomic mass is 32.1. The second-order valence-electron chi connectivity index (χ2n) is 7.36. The topological polar surface area (TPSA) is 85.4 Å². The van der Waals surface area contributed by atoms with Crippen molar-refractivity contribution in [3.63, 3.8) is 0 Å². The molecule has 0 radical (unpaired) electrons. The summed E-state index contributed by atoms with van der Waals surface area (Å²) in [6, 6.07) is 17.8. The van der Waals surface area contributed by atoms with Crippen LogP contribution in [0.5, 0.6) is 5.75 Å². The van der Waals surface area contributed by atoms with E-state index in [1.54, 1.807) is 13.0 Å². The number of aliphatic carboxylic acids is 1. The Morgan fingerprint density at radius 3 is 2.52 bits per heavy atom. The molecular formula is C25H26N2O3S. The van der Waals surface area contributed by atoms with Crippen LogP contribution in [0.25, 0.3) is 6.08 Å². The van der Waals surface area contributed by atoms with E-state index >= 15 is 0 Å². The van der Waals surface area contributed by atoms with Crippen LogP contribution in [-0.2, 0) is 17.8 Å². The van der Waals surface area contributed by atoms with E-state index in [9.17, 15) is 4.79 Å². The molecule has 0 fully saturated rings. The molecule has 3 rings (SSSR count). The molecule has 0 saturated carbocycles. The summed E-state index contributed by atoms with van der Waals surface area (Å²) in [5.41, 5.74) is 10.5. The van der Waals surface area contributed by atoms with Crippen LogP contribution < -0.4 is 10.5 Å². The lowest BCUT2D eigenvalue weighted by Crippen LogP contribution is -2.13. The molecule has 1 heterocycles. The van der Waals surface area contributed by atoms with Crippen LogP contribution in [0, 0.1) is 0 Å². The van der Waals surface area contributed by atoms with Crippen LogP contribution >= 0.6 is 11.3 Å². The van der Waals surface area contributed by atoms with Crippen LogP contribution in [0.1, 0.15) is 41.7 Å². The zero-order valence-corrected chi connectivity index (χ0v) is 18.4. The summed E-state index contributed by atoms with van der Waals surface area (Å²) in [5, 5.41) is 11.8. The molecule has 31 heavy (non-hydrogen) atoms. The summed E-state index contributed by atoms with van der Waals surface area (Å²) in [5.74, 6) is -0.103. The van der Waals surface area contributed by atoms with Gasteiger partial charge in [-0.3, -0.25) is 0 Å². The molecule has 6 heteroatoms. The molecule has 1 atom stereocenters. The third-order valence-corrected chi connectivity index (χ3v) is 5.64. The van der Waals surface area contributed by atoms with E-state index < -0.39 is 5.97 Å². The lowest BCUT2D eigenvalue weighted by Gasteiger charge is -2.10. The second-order valence-corrected chi connectivity index (χ2v) is 8.25. The monoisotopic (exact) mass is 434 g/mol. The van der Waals surface area contributed by atoms with Gasteiger partial charge in [0.1, 0.15) is 17.4 Å². The van der Waals surface area contributed by atoms with Crippen molar-refractivity contribution in [1.29, 1.82) is 0 Å². The Morgan fingerprint density at radius 1 is 1.13 bits per heavy atom. The minimum atomic E-state index is -0.926. The van der Waals surface area contributed by atoms with Gasteiger partial charge in [0.15, 0.2) is 0 Å². The Labute approximate surface area is 186 Å². The fourth-order valence-electron chi connectivity index (χ4n) is 3.02. The zero-order chi connectivity index (χ0) is 22.2.